The van der Waals surface area contributed by atoms with Crippen LogP contribution in [0, 0.1) is 0 Å². The molecule has 0 bridgehead atoms. The van der Waals surface area contributed by atoms with E-state index < -0.39 is 5.91 Å². The summed E-state index contributed by atoms with van der Waals surface area (Å²) >= 11 is 1.62. The van der Waals surface area contributed by atoms with Crippen molar-refractivity contribution in [2.24, 2.45) is 5.73 Å². The van der Waals surface area contributed by atoms with E-state index in [1.807, 2.05) is 48.5 Å². The molecule has 2 amide bonds. The van der Waals surface area contributed by atoms with Gasteiger partial charge in [0.05, 0.1) is 15.8 Å². The fourth-order valence-electron chi connectivity index (χ4n) is 2.82. The number of amides is 2. The Labute approximate surface area is 171 Å². The lowest BCUT2D eigenvalue weighted by molar-refractivity contribution is -0.119. The van der Waals surface area contributed by atoms with Crippen LogP contribution >= 0.6 is 11.3 Å². The van der Waals surface area contributed by atoms with Crippen molar-refractivity contribution in [3.05, 3.63) is 78.4 Å². The topological polar surface area (TPSA) is 94.3 Å². The number of ether oxygens (including phenoxy) is 1. The van der Waals surface area contributed by atoms with Crippen molar-refractivity contribution in [3.63, 3.8) is 0 Å². The Hall–Kier alpha value is -3.71. The molecule has 7 heteroatoms. The van der Waals surface area contributed by atoms with Gasteiger partial charge in [-0.05, 0) is 48.5 Å². The molecule has 6 nitrogen and oxygen atoms in total. The number of hydrogen-bond donors (Lipinski definition) is 2. The van der Waals surface area contributed by atoms with Crippen LogP contribution < -0.4 is 15.8 Å². The van der Waals surface area contributed by atoms with Gasteiger partial charge in [-0.2, -0.15) is 0 Å². The van der Waals surface area contributed by atoms with Crippen molar-refractivity contribution >= 4 is 39.1 Å². The maximum absolute atomic E-state index is 12.6. The second-order valence-electron chi connectivity index (χ2n) is 6.27. The highest BCUT2D eigenvalue weighted by Gasteiger charge is 2.13. The summed E-state index contributed by atoms with van der Waals surface area (Å²) in [6, 6.07) is 22.2. The smallest absolute Gasteiger partial charge is 0.259 e. The number of nitrogens with zero attached hydrogens (tertiary/aromatic N) is 1. The number of carbonyl (C=O) groups excluding carboxylic acids is 2. The van der Waals surface area contributed by atoms with Crippen LogP contribution in [0.4, 0.5) is 5.69 Å². The van der Waals surface area contributed by atoms with Crippen molar-refractivity contribution in [1.29, 1.82) is 0 Å². The number of para-hydroxylation sites is 2. The second kappa shape index (κ2) is 8.12. The van der Waals surface area contributed by atoms with Gasteiger partial charge in [0.25, 0.3) is 11.8 Å². The van der Waals surface area contributed by atoms with Gasteiger partial charge in [-0.15, -0.1) is 11.3 Å². The van der Waals surface area contributed by atoms with E-state index in [9.17, 15) is 9.59 Å². The predicted octanol–water partition coefficient (Wildman–Crippen LogP) is 4.08. The first-order valence-electron chi connectivity index (χ1n) is 8.87. The Morgan fingerprint density at radius 3 is 2.45 bits per heavy atom. The summed E-state index contributed by atoms with van der Waals surface area (Å²) in [5, 5.41) is 3.76. The lowest BCUT2D eigenvalue weighted by Gasteiger charge is -2.11. The lowest BCUT2D eigenvalue weighted by atomic mass is 10.1. The molecule has 144 valence electrons. The van der Waals surface area contributed by atoms with Crippen LogP contribution in [-0.4, -0.2) is 23.4 Å². The average Bonchev–Trinajstić information content (AvgIpc) is 3.17. The summed E-state index contributed by atoms with van der Waals surface area (Å²) in [4.78, 5) is 28.2. The molecular formula is C22H17N3O3S. The maximum Gasteiger partial charge on any atom is 0.259 e. The van der Waals surface area contributed by atoms with E-state index in [1.165, 1.54) is 0 Å². The molecule has 0 saturated heterocycles. The highest BCUT2D eigenvalue weighted by molar-refractivity contribution is 7.21. The quantitative estimate of drug-likeness (QED) is 0.507. The van der Waals surface area contributed by atoms with Crippen LogP contribution in [0.1, 0.15) is 10.4 Å². The molecule has 4 rings (SSSR count). The minimum atomic E-state index is -0.606. The van der Waals surface area contributed by atoms with Crippen LogP contribution in [0.2, 0.25) is 0 Å². The Balaban J connectivity index is 1.50. The highest BCUT2D eigenvalue weighted by Crippen LogP contribution is 2.30. The summed E-state index contributed by atoms with van der Waals surface area (Å²) in [6.07, 6.45) is 0. The van der Waals surface area contributed by atoms with Crippen LogP contribution in [0.25, 0.3) is 20.8 Å². The Kier molecular flexibility index (Phi) is 5.22. The molecule has 1 aromatic heterocycles. The van der Waals surface area contributed by atoms with E-state index in [-0.39, 0.29) is 12.5 Å². The molecule has 0 saturated carbocycles. The molecule has 0 aliphatic heterocycles. The van der Waals surface area contributed by atoms with Crippen molar-refractivity contribution < 1.29 is 14.3 Å². The van der Waals surface area contributed by atoms with Gasteiger partial charge >= 0.3 is 0 Å². The van der Waals surface area contributed by atoms with Gasteiger partial charge in [-0.25, -0.2) is 4.98 Å². The summed E-state index contributed by atoms with van der Waals surface area (Å²) in [7, 11) is 0. The summed E-state index contributed by atoms with van der Waals surface area (Å²) in [5.41, 5.74) is 8.03. The molecule has 0 unspecified atom stereocenters. The third-order valence-corrected chi connectivity index (χ3v) is 5.27. The fourth-order valence-corrected chi connectivity index (χ4v) is 3.79. The number of nitrogens with one attached hydrogen (secondary N) is 1. The molecule has 0 aliphatic carbocycles. The van der Waals surface area contributed by atoms with Crippen molar-refractivity contribution in [3.8, 4) is 16.3 Å². The number of benzene rings is 3. The molecule has 3 aromatic carbocycles. The zero-order valence-electron chi connectivity index (χ0n) is 15.3. The predicted molar refractivity (Wildman–Crippen MR) is 114 cm³/mol. The largest absolute Gasteiger partial charge is 0.483 e. The van der Waals surface area contributed by atoms with E-state index in [2.05, 4.69) is 10.3 Å². The van der Waals surface area contributed by atoms with Crippen molar-refractivity contribution in [2.45, 2.75) is 0 Å². The Morgan fingerprint density at radius 1 is 0.966 bits per heavy atom. The van der Waals surface area contributed by atoms with Crippen LogP contribution in [-0.2, 0) is 4.79 Å². The minimum absolute atomic E-state index is 0.291. The van der Waals surface area contributed by atoms with E-state index in [0.29, 0.717) is 17.0 Å². The minimum Gasteiger partial charge on any atom is -0.483 e. The van der Waals surface area contributed by atoms with E-state index in [1.54, 1.807) is 35.6 Å². The third kappa shape index (κ3) is 4.25. The van der Waals surface area contributed by atoms with Gasteiger partial charge in [0.1, 0.15) is 10.8 Å². The SMILES string of the molecule is NC(=O)COc1ccccc1C(=O)Nc1ccc(-c2nc3ccccc3s2)cc1. The molecule has 0 aliphatic rings. The van der Waals surface area contributed by atoms with Crippen LogP contribution in [0.3, 0.4) is 0 Å². The monoisotopic (exact) mass is 403 g/mol. The first-order valence-corrected chi connectivity index (χ1v) is 9.69. The standard InChI is InChI=1S/C22H17N3O3S/c23-20(26)13-28-18-7-3-1-5-16(18)21(27)24-15-11-9-14(10-12-15)22-25-17-6-2-4-8-19(17)29-22/h1-12H,13H2,(H2,23,26)(H,24,27). The highest BCUT2D eigenvalue weighted by atomic mass is 32.1. The van der Waals surface area contributed by atoms with Crippen molar-refractivity contribution in [1.82, 2.24) is 4.98 Å². The van der Waals surface area contributed by atoms with Gasteiger partial charge in [0.15, 0.2) is 6.61 Å². The van der Waals surface area contributed by atoms with Gasteiger partial charge in [-0.1, -0.05) is 24.3 Å². The summed E-state index contributed by atoms with van der Waals surface area (Å²) < 4.78 is 6.45. The first-order chi connectivity index (χ1) is 14.1. The molecule has 3 N–H and O–H groups in total. The number of anilines is 1. The number of carbonyl (C=O) groups is 2. The van der Waals surface area contributed by atoms with E-state index >= 15 is 0 Å². The number of aromatic nitrogens is 1. The van der Waals surface area contributed by atoms with E-state index in [4.69, 9.17) is 10.5 Å². The zero-order valence-corrected chi connectivity index (χ0v) is 16.1. The number of nitrogens with two attached hydrogens (primary N) is 1. The van der Waals surface area contributed by atoms with Gasteiger partial charge in [0.2, 0.25) is 0 Å². The number of hydrogen-bond acceptors (Lipinski definition) is 5. The normalized spacial score (nSPS) is 10.6. The van der Waals surface area contributed by atoms with Crippen LogP contribution in [0.5, 0.6) is 5.75 Å². The molecular weight excluding hydrogens is 386 g/mol. The third-order valence-electron chi connectivity index (χ3n) is 4.19. The summed E-state index contributed by atoms with van der Waals surface area (Å²) in [5.74, 6) is -0.640. The Bertz CT molecular complexity index is 1150. The first kappa shape index (κ1) is 18.6. The Morgan fingerprint density at radius 2 is 1.69 bits per heavy atom. The number of thiazole rings is 1. The van der Waals surface area contributed by atoms with E-state index in [0.717, 1.165) is 20.8 Å². The molecule has 29 heavy (non-hydrogen) atoms. The second-order valence-corrected chi connectivity index (χ2v) is 7.30. The van der Waals surface area contributed by atoms with Gasteiger partial charge in [-0.3, -0.25) is 9.59 Å². The maximum atomic E-state index is 12.6. The fraction of sp³-hybridized carbons (Fsp3) is 0.0455. The summed E-state index contributed by atoms with van der Waals surface area (Å²) in [6.45, 7) is -0.291. The van der Waals surface area contributed by atoms with Gasteiger partial charge < -0.3 is 15.8 Å². The van der Waals surface area contributed by atoms with Crippen LogP contribution in [0.15, 0.2) is 72.8 Å². The number of fused-ring (bicyclic) bond motifs is 1. The average molecular weight is 403 g/mol. The molecule has 0 radical (unpaired) electrons. The van der Waals surface area contributed by atoms with Crippen molar-refractivity contribution in [2.75, 3.05) is 11.9 Å². The molecule has 1 heterocycles. The lowest BCUT2D eigenvalue weighted by Crippen LogP contribution is -2.21. The number of primary amides is 1. The molecule has 4 aromatic rings. The number of rotatable bonds is 6. The molecule has 0 atom stereocenters. The molecule has 0 fully saturated rings. The van der Waals surface area contributed by atoms with Gasteiger partial charge in [0, 0.05) is 11.3 Å². The zero-order chi connectivity index (χ0) is 20.2. The molecule has 0 spiro atoms.